The number of halogens is 1. The topological polar surface area (TPSA) is 44.1 Å². The number of rotatable bonds is 3. The van der Waals surface area contributed by atoms with Gasteiger partial charge in [-0.2, -0.15) is 0 Å². The Morgan fingerprint density at radius 2 is 2.35 bits per heavy atom. The molecule has 0 spiro atoms. The summed E-state index contributed by atoms with van der Waals surface area (Å²) in [6.45, 7) is 0.512. The first kappa shape index (κ1) is 11.3. The molecule has 0 radical (unpaired) electrons. The molecule has 5 heteroatoms. The highest BCUT2D eigenvalue weighted by molar-refractivity contribution is 5.89. The van der Waals surface area contributed by atoms with Crippen LogP contribution in [0.2, 0.25) is 0 Å². The van der Waals surface area contributed by atoms with E-state index in [9.17, 15) is 9.18 Å². The number of benzene rings is 1. The summed E-state index contributed by atoms with van der Waals surface area (Å²) >= 11 is 0. The molecule has 0 saturated carbocycles. The number of methoxy groups -OCH3 is 1. The van der Waals surface area contributed by atoms with Gasteiger partial charge in [0.1, 0.15) is 5.82 Å². The Morgan fingerprint density at radius 3 is 2.94 bits per heavy atom. The SMILES string of the molecule is COC(=O)c1ccc(Cn2ccnc2)cc1F. The number of ether oxygens (including phenoxy) is 1. The number of nitrogens with zero attached hydrogens (tertiary/aromatic N) is 2. The van der Waals surface area contributed by atoms with E-state index in [1.807, 2.05) is 4.57 Å². The van der Waals surface area contributed by atoms with E-state index in [4.69, 9.17) is 0 Å². The third kappa shape index (κ3) is 2.50. The van der Waals surface area contributed by atoms with Crippen molar-refractivity contribution in [2.24, 2.45) is 0 Å². The summed E-state index contributed by atoms with van der Waals surface area (Å²) < 4.78 is 19.9. The Labute approximate surface area is 97.7 Å². The van der Waals surface area contributed by atoms with Gasteiger partial charge in [-0.15, -0.1) is 0 Å². The first-order chi connectivity index (χ1) is 8.20. The number of carbonyl (C=O) groups is 1. The summed E-state index contributed by atoms with van der Waals surface area (Å²) in [5.41, 5.74) is 0.704. The lowest BCUT2D eigenvalue weighted by atomic mass is 10.1. The van der Waals surface area contributed by atoms with Crippen molar-refractivity contribution < 1.29 is 13.9 Å². The highest BCUT2D eigenvalue weighted by Crippen LogP contribution is 2.12. The average molecular weight is 234 g/mol. The van der Waals surface area contributed by atoms with Gasteiger partial charge in [-0.05, 0) is 17.7 Å². The molecule has 0 amide bonds. The van der Waals surface area contributed by atoms with E-state index in [1.54, 1.807) is 24.8 Å². The molecule has 2 aromatic rings. The molecule has 0 unspecified atom stereocenters. The molecule has 17 heavy (non-hydrogen) atoms. The fourth-order valence-electron chi connectivity index (χ4n) is 1.52. The van der Waals surface area contributed by atoms with Gasteiger partial charge in [0.05, 0.1) is 19.0 Å². The number of hydrogen-bond acceptors (Lipinski definition) is 3. The fourth-order valence-corrected chi connectivity index (χ4v) is 1.52. The minimum atomic E-state index is -0.670. The predicted molar refractivity (Wildman–Crippen MR) is 59.1 cm³/mol. The smallest absolute Gasteiger partial charge is 0.340 e. The molecule has 0 aliphatic carbocycles. The minimum absolute atomic E-state index is 0.0538. The number of aromatic nitrogens is 2. The van der Waals surface area contributed by atoms with Crippen LogP contribution in [0, 0.1) is 5.82 Å². The second kappa shape index (κ2) is 4.78. The van der Waals surface area contributed by atoms with E-state index in [0.29, 0.717) is 6.54 Å². The summed E-state index contributed by atoms with van der Waals surface area (Å²) in [5.74, 6) is -1.24. The van der Waals surface area contributed by atoms with Crippen molar-refractivity contribution in [3.05, 3.63) is 53.9 Å². The molecular formula is C12H11FN2O2. The van der Waals surface area contributed by atoms with E-state index < -0.39 is 11.8 Å². The summed E-state index contributed by atoms with van der Waals surface area (Å²) in [4.78, 5) is 15.1. The minimum Gasteiger partial charge on any atom is -0.465 e. The maximum absolute atomic E-state index is 13.6. The molecule has 0 bridgehead atoms. The van der Waals surface area contributed by atoms with Gasteiger partial charge in [0, 0.05) is 18.9 Å². The molecule has 0 atom stereocenters. The Bertz CT molecular complexity index is 523. The summed E-state index contributed by atoms with van der Waals surface area (Å²) in [6, 6.07) is 4.44. The fraction of sp³-hybridized carbons (Fsp3) is 0.167. The number of imidazole rings is 1. The first-order valence-corrected chi connectivity index (χ1v) is 5.03. The maximum atomic E-state index is 13.6. The van der Waals surface area contributed by atoms with E-state index in [2.05, 4.69) is 9.72 Å². The normalized spacial score (nSPS) is 10.2. The molecule has 0 fully saturated rings. The van der Waals surface area contributed by atoms with Crippen LogP contribution in [0.4, 0.5) is 4.39 Å². The van der Waals surface area contributed by atoms with Crippen LogP contribution < -0.4 is 0 Å². The number of esters is 1. The molecule has 1 aromatic carbocycles. The Hall–Kier alpha value is -2.17. The van der Waals surface area contributed by atoms with E-state index in [0.717, 1.165) is 5.56 Å². The largest absolute Gasteiger partial charge is 0.465 e. The molecule has 0 saturated heterocycles. The Morgan fingerprint density at radius 1 is 1.53 bits per heavy atom. The third-order valence-corrected chi connectivity index (χ3v) is 2.36. The highest BCUT2D eigenvalue weighted by atomic mass is 19.1. The lowest BCUT2D eigenvalue weighted by Crippen LogP contribution is -2.05. The standard InChI is InChI=1S/C12H11FN2O2/c1-17-12(16)10-3-2-9(6-11(10)13)7-15-5-4-14-8-15/h2-6,8H,7H2,1H3. The summed E-state index contributed by atoms with van der Waals surface area (Å²) in [5, 5.41) is 0. The van der Waals surface area contributed by atoms with Crippen LogP contribution in [0.25, 0.3) is 0 Å². The lowest BCUT2D eigenvalue weighted by Gasteiger charge is -2.05. The molecule has 0 aliphatic heterocycles. The van der Waals surface area contributed by atoms with Crippen LogP contribution in [0.15, 0.2) is 36.9 Å². The molecule has 1 heterocycles. The predicted octanol–water partition coefficient (Wildman–Crippen LogP) is 1.86. The van der Waals surface area contributed by atoms with E-state index >= 15 is 0 Å². The van der Waals surface area contributed by atoms with Crippen molar-refractivity contribution in [1.29, 1.82) is 0 Å². The van der Waals surface area contributed by atoms with Gasteiger partial charge in [-0.1, -0.05) is 6.07 Å². The number of carbonyl (C=O) groups excluding carboxylic acids is 1. The van der Waals surface area contributed by atoms with Gasteiger partial charge in [0.2, 0.25) is 0 Å². The molecule has 2 rings (SSSR count). The van der Waals surface area contributed by atoms with Crippen molar-refractivity contribution in [2.75, 3.05) is 7.11 Å². The Balaban J connectivity index is 2.22. The van der Waals surface area contributed by atoms with Crippen molar-refractivity contribution in [2.45, 2.75) is 6.54 Å². The van der Waals surface area contributed by atoms with Crippen LogP contribution >= 0.6 is 0 Å². The van der Waals surface area contributed by atoms with Gasteiger partial charge in [-0.25, -0.2) is 14.2 Å². The Kier molecular flexibility index (Phi) is 3.18. The van der Waals surface area contributed by atoms with E-state index in [-0.39, 0.29) is 5.56 Å². The second-order valence-electron chi connectivity index (χ2n) is 3.54. The van der Waals surface area contributed by atoms with Crippen LogP contribution in [0.5, 0.6) is 0 Å². The van der Waals surface area contributed by atoms with Crippen LogP contribution in [-0.4, -0.2) is 22.6 Å². The first-order valence-electron chi connectivity index (χ1n) is 5.03. The van der Waals surface area contributed by atoms with Gasteiger partial charge >= 0.3 is 5.97 Å². The lowest BCUT2D eigenvalue weighted by molar-refractivity contribution is 0.0595. The van der Waals surface area contributed by atoms with Crippen LogP contribution in [0.1, 0.15) is 15.9 Å². The molecule has 4 nitrogen and oxygen atoms in total. The zero-order valence-corrected chi connectivity index (χ0v) is 9.26. The van der Waals surface area contributed by atoms with Crippen molar-refractivity contribution >= 4 is 5.97 Å². The van der Waals surface area contributed by atoms with Crippen LogP contribution in [0.3, 0.4) is 0 Å². The average Bonchev–Trinajstić information content (AvgIpc) is 2.81. The van der Waals surface area contributed by atoms with Gasteiger partial charge in [0.25, 0.3) is 0 Å². The molecule has 0 N–H and O–H groups in total. The monoisotopic (exact) mass is 234 g/mol. The van der Waals surface area contributed by atoms with Crippen molar-refractivity contribution in [1.82, 2.24) is 9.55 Å². The third-order valence-electron chi connectivity index (χ3n) is 2.36. The van der Waals surface area contributed by atoms with Crippen molar-refractivity contribution in [3.8, 4) is 0 Å². The summed E-state index contributed by atoms with van der Waals surface area (Å²) in [6.07, 6.45) is 5.08. The number of hydrogen-bond donors (Lipinski definition) is 0. The van der Waals surface area contributed by atoms with Gasteiger partial charge in [0.15, 0.2) is 0 Å². The van der Waals surface area contributed by atoms with Gasteiger partial charge in [-0.3, -0.25) is 0 Å². The molecule has 1 aromatic heterocycles. The second-order valence-corrected chi connectivity index (χ2v) is 3.54. The van der Waals surface area contributed by atoms with Crippen LogP contribution in [-0.2, 0) is 11.3 Å². The van der Waals surface area contributed by atoms with Gasteiger partial charge < -0.3 is 9.30 Å². The molecule has 88 valence electrons. The quantitative estimate of drug-likeness (QED) is 0.761. The summed E-state index contributed by atoms with van der Waals surface area (Å²) in [7, 11) is 1.22. The highest BCUT2D eigenvalue weighted by Gasteiger charge is 2.12. The zero-order valence-electron chi connectivity index (χ0n) is 9.26. The van der Waals surface area contributed by atoms with Crippen molar-refractivity contribution in [3.63, 3.8) is 0 Å². The zero-order chi connectivity index (χ0) is 12.3. The molecule has 0 aliphatic rings. The maximum Gasteiger partial charge on any atom is 0.340 e. The molecular weight excluding hydrogens is 223 g/mol. The van der Waals surface area contributed by atoms with E-state index in [1.165, 1.54) is 19.2 Å².